The zero-order valence-corrected chi connectivity index (χ0v) is 26.0. The standard InChI is InChI=1S/C39H10F8N6/c1-51-26(15-49)32-28(18-6-10-22(40)24(42)12-18)21(14-48)31-34(32)29(17-4-8-20(9-5-17)39(45,46)47)35-33(27(16-50)52-2)30(38(53-3)36(35)37(31)44)19-7-11-23(41)25(43)13-19/h4-13H/b32-26-,33-27+. The fourth-order valence-electron chi connectivity index (χ4n) is 6.38. The third-order valence-electron chi connectivity index (χ3n) is 8.46. The Morgan fingerprint density at radius 2 is 1.04 bits per heavy atom. The molecule has 4 aromatic rings. The summed E-state index contributed by atoms with van der Waals surface area (Å²) in [6.45, 7) is 23.7. The van der Waals surface area contributed by atoms with Crippen molar-refractivity contribution in [1.82, 2.24) is 0 Å². The van der Waals surface area contributed by atoms with Crippen molar-refractivity contribution in [3.63, 3.8) is 0 Å². The summed E-state index contributed by atoms with van der Waals surface area (Å²) in [6.07, 6.45) is -4.86. The molecule has 2 aliphatic carbocycles. The monoisotopic (exact) mass is 714 g/mol. The summed E-state index contributed by atoms with van der Waals surface area (Å²) in [5.41, 5.74) is -9.79. The average molecular weight is 715 g/mol. The van der Waals surface area contributed by atoms with Crippen LogP contribution >= 0.6 is 0 Å². The zero-order chi connectivity index (χ0) is 38.5. The maximum atomic E-state index is 17.5. The van der Waals surface area contributed by atoms with Gasteiger partial charge in [0.2, 0.25) is 5.70 Å². The number of nitriles is 3. The fraction of sp³-hybridized carbons (Fsp3) is 0.0256. The first-order valence-corrected chi connectivity index (χ1v) is 14.6. The fourth-order valence-corrected chi connectivity index (χ4v) is 6.38. The second-order valence-electron chi connectivity index (χ2n) is 11.1. The number of alkyl halides is 3. The number of rotatable bonds is 3. The van der Waals surface area contributed by atoms with Gasteiger partial charge in [-0.05, 0) is 86.5 Å². The van der Waals surface area contributed by atoms with Crippen LogP contribution in [-0.4, -0.2) is 0 Å². The molecule has 0 unspecified atom stereocenters. The first-order valence-electron chi connectivity index (χ1n) is 14.6. The highest BCUT2D eigenvalue weighted by atomic mass is 19.4. The molecule has 0 N–H and O–H groups in total. The number of hydrogen-bond acceptors (Lipinski definition) is 3. The van der Waals surface area contributed by atoms with Gasteiger partial charge in [-0.1, -0.05) is 24.3 Å². The molecule has 0 saturated carbocycles. The van der Waals surface area contributed by atoms with Crippen LogP contribution < -0.4 is 0 Å². The smallest absolute Gasteiger partial charge is 0.237 e. The quantitative estimate of drug-likeness (QED) is 0.120. The molecule has 6 rings (SSSR count). The molecule has 0 saturated heterocycles. The van der Waals surface area contributed by atoms with Gasteiger partial charge in [-0.25, -0.2) is 47.0 Å². The summed E-state index contributed by atoms with van der Waals surface area (Å²) in [7, 11) is 0. The van der Waals surface area contributed by atoms with Crippen molar-refractivity contribution < 1.29 is 35.1 Å². The Labute approximate surface area is 294 Å². The molecule has 0 aromatic heterocycles. The van der Waals surface area contributed by atoms with Crippen molar-refractivity contribution in [2.24, 2.45) is 0 Å². The SMILES string of the molecule is [C-]#[N+]C1=C(c2ccc(F)c(F)c2)/C(=C(/C#N)[N+]#[C-])c2c1c(F)c1c(c2-c2ccc(C(F)(F)F)cc2)/C(=C(/C#N)[N+]#[C-])C(c2ccc(F)c(F)c2)=C1C#N. The van der Waals surface area contributed by atoms with Gasteiger partial charge < -0.3 is 0 Å². The van der Waals surface area contributed by atoms with Crippen molar-refractivity contribution in [1.29, 1.82) is 15.8 Å². The molecule has 0 heterocycles. The van der Waals surface area contributed by atoms with Gasteiger partial charge in [0.05, 0.1) is 43.0 Å². The normalized spacial score (nSPS) is 15.0. The highest BCUT2D eigenvalue weighted by molar-refractivity contribution is 6.32. The number of hydrogen-bond donors (Lipinski definition) is 0. The number of allylic oxidation sites excluding steroid dienone is 7. The molecule has 6 nitrogen and oxygen atoms in total. The lowest BCUT2D eigenvalue weighted by molar-refractivity contribution is -0.137. The molecular formula is C39H10F8N6. The predicted octanol–water partition coefficient (Wildman–Crippen LogP) is 10.6. The van der Waals surface area contributed by atoms with Crippen molar-refractivity contribution in [2.45, 2.75) is 6.18 Å². The molecule has 0 fully saturated rings. The molecule has 0 radical (unpaired) electrons. The highest BCUT2D eigenvalue weighted by Crippen LogP contribution is 2.60. The van der Waals surface area contributed by atoms with Gasteiger partial charge in [0, 0.05) is 16.7 Å². The average Bonchev–Trinajstić information content (AvgIpc) is 3.66. The maximum Gasteiger partial charge on any atom is 0.416 e. The van der Waals surface area contributed by atoms with E-state index in [1.807, 2.05) is 0 Å². The molecule has 53 heavy (non-hydrogen) atoms. The third kappa shape index (κ3) is 5.28. The second-order valence-corrected chi connectivity index (χ2v) is 11.1. The van der Waals surface area contributed by atoms with Crippen LogP contribution in [0.4, 0.5) is 35.1 Å². The van der Waals surface area contributed by atoms with Crippen LogP contribution in [0.3, 0.4) is 0 Å². The molecular weight excluding hydrogens is 704 g/mol. The Morgan fingerprint density at radius 1 is 0.566 bits per heavy atom. The molecule has 0 atom stereocenters. The summed E-state index contributed by atoms with van der Waals surface area (Å²) in [4.78, 5) is 9.84. The summed E-state index contributed by atoms with van der Waals surface area (Å²) < 4.78 is 116. The van der Waals surface area contributed by atoms with Gasteiger partial charge in [0.1, 0.15) is 11.9 Å². The van der Waals surface area contributed by atoms with Crippen LogP contribution in [-0.2, 0) is 6.18 Å². The predicted molar refractivity (Wildman–Crippen MR) is 174 cm³/mol. The molecule has 0 aliphatic heterocycles. The Kier molecular flexibility index (Phi) is 8.49. The number of fused-ring (bicyclic) bond motifs is 2. The van der Waals surface area contributed by atoms with E-state index in [1.54, 1.807) is 18.2 Å². The van der Waals surface area contributed by atoms with E-state index < -0.39 is 108 Å². The minimum atomic E-state index is -4.86. The van der Waals surface area contributed by atoms with E-state index in [2.05, 4.69) is 14.5 Å². The van der Waals surface area contributed by atoms with E-state index in [1.165, 1.54) is 0 Å². The number of benzene rings is 4. The Morgan fingerprint density at radius 3 is 1.47 bits per heavy atom. The topological polar surface area (TPSA) is 84.4 Å². The van der Waals surface area contributed by atoms with Crippen molar-refractivity contribution in [2.75, 3.05) is 0 Å². The van der Waals surface area contributed by atoms with E-state index in [0.717, 1.165) is 24.3 Å². The van der Waals surface area contributed by atoms with E-state index in [-0.39, 0.29) is 22.3 Å². The van der Waals surface area contributed by atoms with E-state index >= 15 is 4.39 Å². The molecule has 0 bridgehead atoms. The van der Waals surface area contributed by atoms with Crippen LogP contribution in [0.5, 0.6) is 0 Å². The Balaban J connectivity index is 1.93. The van der Waals surface area contributed by atoms with Gasteiger partial charge in [-0.15, -0.1) is 0 Å². The summed E-state index contributed by atoms with van der Waals surface area (Å²) in [6, 6.07) is 12.6. The van der Waals surface area contributed by atoms with Gasteiger partial charge in [-0.2, -0.15) is 18.4 Å². The Hall–Kier alpha value is -7.78. The molecule has 0 amide bonds. The van der Waals surface area contributed by atoms with Gasteiger partial charge in [-0.3, -0.25) is 0 Å². The molecule has 252 valence electrons. The maximum absolute atomic E-state index is 17.5. The van der Waals surface area contributed by atoms with E-state index in [4.69, 9.17) is 19.7 Å². The number of halogens is 8. The van der Waals surface area contributed by atoms with Gasteiger partial charge in [0.15, 0.2) is 23.3 Å². The lowest BCUT2D eigenvalue weighted by atomic mass is 9.82. The molecule has 4 aromatic carbocycles. The minimum absolute atomic E-state index is 0.232. The second kappa shape index (κ2) is 12.8. The van der Waals surface area contributed by atoms with E-state index in [0.29, 0.717) is 36.4 Å². The zero-order valence-electron chi connectivity index (χ0n) is 26.0. The molecule has 0 spiro atoms. The first-order chi connectivity index (χ1) is 25.3. The Bertz CT molecular complexity index is 2570. The molecule has 2 aliphatic rings. The summed E-state index contributed by atoms with van der Waals surface area (Å²) >= 11 is 0. The summed E-state index contributed by atoms with van der Waals surface area (Å²) in [5.74, 6) is -6.95. The lowest BCUT2D eigenvalue weighted by Gasteiger charge is -2.21. The van der Waals surface area contributed by atoms with E-state index in [9.17, 15) is 46.5 Å². The largest absolute Gasteiger partial charge is 0.416 e. The third-order valence-corrected chi connectivity index (χ3v) is 8.46. The van der Waals surface area contributed by atoms with Crippen molar-refractivity contribution >= 4 is 33.6 Å². The highest BCUT2D eigenvalue weighted by Gasteiger charge is 2.44. The minimum Gasteiger partial charge on any atom is -0.237 e. The molecule has 14 heteroatoms. The van der Waals surface area contributed by atoms with Crippen LogP contribution in [0.25, 0.3) is 59.2 Å². The summed E-state index contributed by atoms with van der Waals surface area (Å²) in [5, 5.41) is 30.8. The van der Waals surface area contributed by atoms with Crippen molar-refractivity contribution in [3.05, 3.63) is 174 Å². The lowest BCUT2D eigenvalue weighted by Crippen LogP contribution is -2.06. The first kappa shape index (κ1) is 35.1. The van der Waals surface area contributed by atoms with Crippen molar-refractivity contribution in [3.8, 4) is 29.3 Å². The van der Waals surface area contributed by atoms with Gasteiger partial charge >= 0.3 is 6.18 Å². The number of nitrogens with zero attached hydrogens (tertiary/aromatic N) is 6. The van der Waals surface area contributed by atoms with Gasteiger partial charge in [0.25, 0.3) is 11.4 Å². The van der Waals surface area contributed by atoms with Crippen LogP contribution in [0, 0.1) is 82.8 Å². The van der Waals surface area contributed by atoms with Crippen LogP contribution in [0.1, 0.15) is 38.9 Å². The van der Waals surface area contributed by atoms with Crippen LogP contribution in [0.15, 0.2) is 72.1 Å². The van der Waals surface area contributed by atoms with Crippen LogP contribution in [0.2, 0.25) is 0 Å².